The van der Waals surface area contributed by atoms with Crippen LogP contribution in [0.25, 0.3) is 0 Å². The SMILES string of the molecule is CCC(CC(=O)OC)c1cc(F)c(N(CC(C)C)C2CCCCC2)c([N+](=O)[O-])c1. The van der Waals surface area contributed by atoms with E-state index in [2.05, 4.69) is 0 Å². The first kappa shape index (κ1) is 23.1. The fraction of sp³-hybridized carbons (Fsp3) is 0.682. The largest absolute Gasteiger partial charge is 0.469 e. The molecule has 0 aliphatic heterocycles. The van der Waals surface area contributed by atoms with Gasteiger partial charge >= 0.3 is 5.97 Å². The van der Waals surface area contributed by atoms with Gasteiger partial charge in [-0.2, -0.15) is 0 Å². The van der Waals surface area contributed by atoms with Crippen LogP contribution in [0.1, 0.15) is 77.2 Å². The monoisotopic (exact) mass is 408 g/mol. The third-order valence-electron chi connectivity index (χ3n) is 5.73. The Balaban J connectivity index is 2.51. The predicted octanol–water partition coefficient (Wildman–Crippen LogP) is 5.59. The lowest BCUT2D eigenvalue weighted by atomic mass is 9.90. The highest BCUT2D eigenvalue weighted by Crippen LogP contribution is 2.39. The number of methoxy groups -OCH3 is 1. The molecule has 1 aliphatic carbocycles. The molecule has 1 aromatic carbocycles. The average Bonchev–Trinajstić information content (AvgIpc) is 2.70. The van der Waals surface area contributed by atoms with Crippen LogP contribution in [0.2, 0.25) is 0 Å². The summed E-state index contributed by atoms with van der Waals surface area (Å²) in [5.74, 6) is -1.06. The Kier molecular flexibility index (Phi) is 8.41. The number of nitro groups is 1. The van der Waals surface area contributed by atoms with Crippen LogP contribution >= 0.6 is 0 Å². The summed E-state index contributed by atoms with van der Waals surface area (Å²) < 4.78 is 20.1. The van der Waals surface area contributed by atoms with E-state index in [0.29, 0.717) is 18.5 Å². The number of carbonyl (C=O) groups is 1. The fourth-order valence-electron chi connectivity index (χ4n) is 4.26. The molecule has 0 heterocycles. The second-order valence-electron chi connectivity index (χ2n) is 8.35. The number of ether oxygens (including phenoxy) is 1. The number of hydrogen-bond donors (Lipinski definition) is 0. The number of hydrogen-bond acceptors (Lipinski definition) is 5. The average molecular weight is 409 g/mol. The zero-order valence-corrected chi connectivity index (χ0v) is 17.9. The van der Waals surface area contributed by atoms with Crippen LogP contribution in [-0.2, 0) is 9.53 Å². The molecule has 0 radical (unpaired) electrons. The quantitative estimate of drug-likeness (QED) is 0.303. The van der Waals surface area contributed by atoms with Gasteiger partial charge in [0.2, 0.25) is 0 Å². The molecule has 162 valence electrons. The van der Waals surface area contributed by atoms with E-state index in [1.807, 2.05) is 25.7 Å². The lowest BCUT2D eigenvalue weighted by molar-refractivity contribution is -0.384. The van der Waals surface area contributed by atoms with Gasteiger partial charge in [0.1, 0.15) is 0 Å². The van der Waals surface area contributed by atoms with E-state index >= 15 is 4.39 Å². The van der Waals surface area contributed by atoms with E-state index < -0.39 is 16.7 Å². The van der Waals surface area contributed by atoms with Crippen LogP contribution in [-0.4, -0.2) is 30.6 Å². The third kappa shape index (κ3) is 5.90. The van der Waals surface area contributed by atoms with Crippen molar-refractivity contribution in [3.8, 4) is 0 Å². The van der Waals surface area contributed by atoms with Crippen molar-refractivity contribution >= 4 is 17.3 Å². The number of nitrogens with zero attached hydrogens (tertiary/aromatic N) is 2. The fourth-order valence-corrected chi connectivity index (χ4v) is 4.26. The molecule has 0 aromatic heterocycles. The van der Waals surface area contributed by atoms with E-state index in [1.165, 1.54) is 19.2 Å². The topological polar surface area (TPSA) is 72.7 Å². The van der Waals surface area contributed by atoms with Crippen molar-refractivity contribution in [2.24, 2.45) is 5.92 Å². The minimum atomic E-state index is -0.580. The van der Waals surface area contributed by atoms with Gasteiger partial charge in [-0.1, -0.05) is 40.0 Å². The summed E-state index contributed by atoms with van der Waals surface area (Å²) in [6.07, 6.45) is 5.75. The minimum absolute atomic E-state index is 0.0707. The van der Waals surface area contributed by atoms with Crippen LogP contribution in [0, 0.1) is 21.8 Å². The highest BCUT2D eigenvalue weighted by molar-refractivity contribution is 5.71. The first-order valence-corrected chi connectivity index (χ1v) is 10.6. The maximum atomic E-state index is 15.4. The minimum Gasteiger partial charge on any atom is -0.469 e. The Hall–Kier alpha value is -2.18. The van der Waals surface area contributed by atoms with E-state index in [0.717, 1.165) is 32.1 Å². The van der Waals surface area contributed by atoms with Gasteiger partial charge < -0.3 is 9.64 Å². The van der Waals surface area contributed by atoms with Crippen molar-refractivity contribution < 1.29 is 18.8 Å². The van der Waals surface area contributed by atoms with Crippen LogP contribution in [0.5, 0.6) is 0 Å². The molecule has 0 N–H and O–H groups in total. The van der Waals surface area contributed by atoms with Crippen LogP contribution in [0.3, 0.4) is 0 Å². The summed E-state index contributed by atoms with van der Waals surface area (Å²) in [4.78, 5) is 25.0. The van der Waals surface area contributed by atoms with Gasteiger partial charge in [-0.25, -0.2) is 4.39 Å². The first-order valence-electron chi connectivity index (χ1n) is 10.6. The molecular weight excluding hydrogens is 375 g/mol. The molecule has 1 fully saturated rings. The highest BCUT2D eigenvalue weighted by Gasteiger charge is 2.32. The van der Waals surface area contributed by atoms with Crippen molar-refractivity contribution in [1.82, 2.24) is 0 Å². The molecule has 1 saturated carbocycles. The zero-order valence-electron chi connectivity index (χ0n) is 17.9. The molecule has 29 heavy (non-hydrogen) atoms. The highest BCUT2D eigenvalue weighted by atomic mass is 19.1. The summed E-state index contributed by atoms with van der Waals surface area (Å²) in [5, 5.41) is 11.9. The molecule has 7 heteroatoms. The van der Waals surface area contributed by atoms with Crippen molar-refractivity contribution in [2.45, 2.75) is 77.7 Å². The van der Waals surface area contributed by atoms with E-state index in [-0.39, 0.29) is 35.7 Å². The van der Waals surface area contributed by atoms with Crippen molar-refractivity contribution in [3.05, 3.63) is 33.6 Å². The molecule has 1 unspecified atom stereocenters. The second-order valence-corrected chi connectivity index (χ2v) is 8.35. The van der Waals surface area contributed by atoms with E-state index in [4.69, 9.17) is 4.74 Å². The molecule has 0 saturated heterocycles. The molecule has 6 nitrogen and oxygen atoms in total. The standard InChI is InChI=1S/C22H33FN2O4/c1-5-16(13-21(26)29-4)17-11-19(23)22(20(12-17)25(27)28)24(14-15(2)3)18-9-7-6-8-10-18/h11-12,15-16,18H,5-10,13-14H2,1-4H3. The van der Waals surface area contributed by atoms with Gasteiger partial charge in [0.25, 0.3) is 5.69 Å². The summed E-state index contributed by atoms with van der Waals surface area (Å²) in [6.45, 7) is 6.52. The molecule has 0 bridgehead atoms. The van der Waals surface area contributed by atoms with Crippen molar-refractivity contribution in [2.75, 3.05) is 18.6 Å². The van der Waals surface area contributed by atoms with E-state index in [9.17, 15) is 14.9 Å². The van der Waals surface area contributed by atoms with Crippen molar-refractivity contribution in [3.63, 3.8) is 0 Å². The summed E-state index contributed by atoms with van der Waals surface area (Å²) >= 11 is 0. The van der Waals surface area contributed by atoms with Gasteiger partial charge in [0.15, 0.2) is 11.5 Å². The lowest BCUT2D eigenvalue weighted by Gasteiger charge is -2.37. The van der Waals surface area contributed by atoms with Crippen LogP contribution in [0.15, 0.2) is 12.1 Å². The Morgan fingerprint density at radius 3 is 2.48 bits per heavy atom. The van der Waals surface area contributed by atoms with Gasteiger partial charge in [-0.05, 0) is 42.7 Å². The second kappa shape index (κ2) is 10.6. The number of carbonyl (C=O) groups excluding carboxylic acids is 1. The Labute approximate surface area is 172 Å². The Morgan fingerprint density at radius 1 is 1.31 bits per heavy atom. The number of halogens is 1. The van der Waals surface area contributed by atoms with Gasteiger partial charge in [-0.3, -0.25) is 14.9 Å². The number of esters is 1. The summed E-state index contributed by atoms with van der Waals surface area (Å²) in [5.41, 5.74) is 0.348. The molecule has 1 aromatic rings. The molecule has 0 amide bonds. The van der Waals surface area contributed by atoms with Gasteiger partial charge in [-0.15, -0.1) is 0 Å². The van der Waals surface area contributed by atoms with Crippen LogP contribution in [0.4, 0.5) is 15.8 Å². The Morgan fingerprint density at radius 2 is 1.97 bits per heavy atom. The maximum Gasteiger partial charge on any atom is 0.306 e. The first-order chi connectivity index (χ1) is 13.8. The molecular formula is C22H33FN2O4. The molecule has 0 spiro atoms. The molecule has 1 aliphatic rings. The zero-order chi connectivity index (χ0) is 21.6. The molecule has 2 rings (SSSR count). The number of nitro benzene ring substituents is 1. The Bertz CT molecular complexity index is 717. The summed E-state index contributed by atoms with van der Waals surface area (Å²) in [7, 11) is 1.30. The number of rotatable bonds is 9. The third-order valence-corrected chi connectivity index (χ3v) is 5.73. The van der Waals surface area contributed by atoms with Gasteiger partial charge in [0, 0.05) is 18.7 Å². The summed E-state index contributed by atoms with van der Waals surface area (Å²) in [6, 6.07) is 2.93. The maximum absolute atomic E-state index is 15.4. The van der Waals surface area contributed by atoms with E-state index in [1.54, 1.807) is 0 Å². The smallest absolute Gasteiger partial charge is 0.306 e. The number of benzene rings is 1. The molecule has 1 atom stereocenters. The van der Waals surface area contributed by atoms with Gasteiger partial charge in [0.05, 0.1) is 18.5 Å². The number of anilines is 1. The van der Waals surface area contributed by atoms with Crippen LogP contribution < -0.4 is 4.90 Å². The lowest BCUT2D eigenvalue weighted by Crippen LogP contribution is -2.40. The van der Waals surface area contributed by atoms with Crippen molar-refractivity contribution in [1.29, 1.82) is 0 Å². The predicted molar refractivity (Wildman–Crippen MR) is 112 cm³/mol. The normalized spacial score (nSPS) is 15.9.